The number of hydrogen-bond donors (Lipinski definition) is 1. The molecule has 1 aromatic carbocycles. The van der Waals surface area contributed by atoms with Gasteiger partial charge in [-0.25, -0.2) is 0 Å². The number of nitrogens with zero attached hydrogens (tertiary/aromatic N) is 1. The summed E-state index contributed by atoms with van der Waals surface area (Å²) in [5, 5.41) is 0. The Bertz CT molecular complexity index is 390. The van der Waals surface area contributed by atoms with E-state index in [1.54, 1.807) is 12.0 Å². The number of amides is 1. The van der Waals surface area contributed by atoms with E-state index in [2.05, 4.69) is 19.1 Å². The zero-order valence-corrected chi connectivity index (χ0v) is 12.1. The molecule has 1 aromatic rings. The summed E-state index contributed by atoms with van der Waals surface area (Å²) in [4.78, 5) is 14.0. The van der Waals surface area contributed by atoms with Gasteiger partial charge < -0.3 is 15.4 Å². The summed E-state index contributed by atoms with van der Waals surface area (Å²) in [5.74, 6) is -0.0516. The lowest BCUT2D eigenvalue weighted by molar-refractivity contribution is -0.134. The summed E-state index contributed by atoms with van der Waals surface area (Å²) >= 11 is 0. The van der Waals surface area contributed by atoms with Gasteiger partial charge in [-0.15, -0.1) is 0 Å². The lowest BCUT2D eigenvalue weighted by Crippen LogP contribution is -2.46. The fraction of sp³-hybridized carbons (Fsp3) is 0.533. The molecule has 0 aliphatic carbocycles. The number of ether oxygens (including phenoxy) is 1. The van der Waals surface area contributed by atoms with E-state index in [1.807, 2.05) is 19.1 Å². The maximum absolute atomic E-state index is 12.2. The van der Waals surface area contributed by atoms with E-state index in [0.29, 0.717) is 13.1 Å². The molecule has 0 aliphatic rings. The number of aryl methyl sites for hydroxylation is 1. The standard InChI is InChI=1S/C15H24N2O2/c1-4-9-17(15(18)14(16)11-19-3)10-13-7-5-12(2)6-8-13/h5-8,14H,4,9-11,16H2,1-3H3. The Morgan fingerprint density at radius 2 is 2.00 bits per heavy atom. The summed E-state index contributed by atoms with van der Waals surface area (Å²) in [6.07, 6.45) is 0.914. The molecule has 19 heavy (non-hydrogen) atoms. The first-order valence-corrected chi connectivity index (χ1v) is 6.67. The van der Waals surface area contributed by atoms with Gasteiger partial charge in [0.1, 0.15) is 6.04 Å². The van der Waals surface area contributed by atoms with Gasteiger partial charge in [0.05, 0.1) is 6.61 Å². The average molecular weight is 264 g/mol. The maximum atomic E-state index is 12.2. The first-order valence-electron chi connectivity index (χ1n) is 6.67. The third-order valence-electron chi connectivity index (χ3n) is 2.96. The Balaban J connectivity index is 2.71. The van der Waals surface area contributed by atoms with E-state index in [1.165, 1.54) is 5.56 Å². The number of hydrogen-bond acceptors (Lipinski definition) is 3. The predicted molar refractivity (Wildman–Crippen MR) is 76.7 cm³/mol. The zero-order chi connectivity index (χ0) is 14.3. The van der Waals surface area contributed by atoms with Crippen molar-refractivity contribution in [3.63, 3.8) is 0 Å². The maximum Gasteiger partial charge on any atom is 0.242 e. The van der Waals surface area contributed by atoms with E-state index in [0.717, 1.165) is 12.0 Å². The van der Waals surface area contributed by atoms with Crippen LogP contribution in [0.1, 0.15) is 24.5 Å². The summed E-state index contributed by atoms with van der Waals surface area (Å²) in [5.41, 5.74) is 8.16. The highest BCUT2D eigenvalue weighted by Crippen LogP contribution is 2.08. The summed E-state index contributed by atoms with van der Waals surface area (Å²) in [6.45, 7) is 5.67. The van der Waals surface area contributed by atoms with Gasteiger partial charge in [0.25, 0.3) is 0 Å². The second-order valence-electron chi connectivity index (χ2n) is 4.81. The molecule has 0 spiro atoms. The van der Waals surface area contributed by atoms with Gasteiger partial charge in [0.15, 0.2) is 0 Å². The van der Waals surface area contributed by atoms with Gasteiger partial charge in [-0.2, -0.15) is 0 Å². The largest absolute Gasteiger partial charge is 0.383 e. The molecule has 2 N–H and O–H groups in total. The van der Waals surface area contributed by atoms with Crippen LogP contribution in [0.4, 0.5) is 0 Å². The number of benzene rings is 1. The number of methoxy groups -OCH3 is 1. The fourth-order valence-electron chi connectivity index (χ4n) is 1.94. The molecular weight excluding hydrogens is 240 g/mol. The second-order valence-corrected chi connectivity index (χ2v) is 4.81. The van der Waals surface area contributed by atoms with Crippen LogP contribution in [0.5, 0.6) is 0 Å². The van der Waals surface area contributed by atoms with Crippen molar-refractivity contribution in [1.82, 2.24) is 4.90 Å². The van der Waals surface area contributed by atoms with E-state index >= 15 is 0 Å². The van der Waals surface area contributed by atoms with Crippen LogP contribution in [0, 0.1) is 6.92 Å². The minimum Gasteiger partial charge on any atom is -0.383 e. The molecule has 0 radical (unpaired) electrons. The monoisotopic (exact) mass is 264 g/mol. The highest BCUT2D eigenvalue weighted by Gasteiger charge is 2.20. The molecule has 106 valence electrons. The van der Waals surface area contributed by atoms with Gasteiger partial charge >= 0.3 is 0 Å². The summed E-state index contributed by atoms with van der Waals surface area (Å²) in [6, 6.07) is 7.63. The SMILES string of the molecule is CCCN(Cc1ccc(C)cc1)C(=O)C(N)COC. The third-order valence-corrected chi connectivity index (χ3v) is 2.96. The minimum absolute atomic E-state index is 0.0516. The van der Waals surface area contributed by atoms with Crippen molar-refractivity contribution in [2.24, 2.45) is 5.73 Å². The molecule has 0 saturated heterocycles. The molecule has 0 fully saturated rings. The van der Waals surface area contributed by atoms with Gasteiger partial charge in [0.2, 0.25) is 5.91 Å². The molecule has 1 amide bonds. The molecular formula is C15H24N2O2. The van der Waals surface area contributed by atoms with Crippen molar-refractivity contribution in [2.45, 2.75) is 32.9 Å². The van der Waals surface area contributed by atoms with Crippen molar-refractivity contribution in [3.05, 3.63) is 35.4 Å². The highest BCUT2D eigenvalue weighted by atomic mass is 16.5. The Hall–Kier alpha value is -1.39. The van der Waals surface area contributed by atoms with Crippen molar-refractivity contribution in [1.29, 1.82) is 0 Å². The Labute approximate surface area is 115 Å². The number of carbonyl (C=O) groups is 1. The molecule has 0 aliphatic heterocycles. The van der Waals surface area contributed by atoms with Crippen molar-refractivity contribution >= 4 is 5.91 Å². The number of carbonyl (C=O) groups excluding carboxylic acids is 1. The van der Waals surface area contributed by atoms with Gasteiger partial charge in [-0.3, -0.25) is 4.79 Å². The molecule has 0 heterocycles. The zero-order valence-electron chi connectivity index (χ0n) is 12.1. The van der Waals surface area contributed by atoms with Crippen LogP contribution in [-0.4, -0.2) is 37.1 Å². The van der Waals surface area contributed by atoms with Crippen molar-refractivity contribution in [2.75, 3.05) is 20.3 Å². The highest BCUT2D eigenvalue weighted by molar-refractivity contribution is 5.81. The lowest BCUT2D eigenvalue weighted by atomic mass is 10.1. The lowest BCUT2D eigenvalue weighted by Gasteiger charge is -2.25. The molecule has 0 aromatic heterocycles. The van der Waals surface area contributed by atoms with Crippen molar-refractivity contribution < 1.29 is 9.53 Å². The average Bonchev–Trinajstić information content (AvgIpc) is 2.40. The van der Waals surface area contributed by atoms with Crippen LogP contribution in [0.3, 0.4) is 0 Å². The number of nitrogens with two attached hydrogens (primary N) is 1. The molecule has 1 unspecified atom stereocenters. The summed E-state index contributed by atoms with van der Waals surface area (Å²) < 4.78 is 4.95. The van der Waals surface area contributed by atoms with E-state index < -0.39 is 6.04 Å². The van der Waals surface area contributed by atoms with Gasteiger partial charge in [-0.05, 0) is 18.9 Å². The first-order chi connectivity index (χ1) is 9.08. The fourth-order valence-corrected chi connectivity index (χ4v) is 1.94. The van der Waals surface area contributed by atoms with Crippen LogP contribution in [-0.2, 0) is 16.1 Å². The van der Waals surface area contributed by atoms with Crippen LogP contribution >= 0.6 is 0 Å². The minimum atomic E-state index is -0.581. The Morgan fingerprint density at radius 1 is 1.37 bits per heavy atom. The molecule has 1 rings (SSSR count). The quantitative estimate of drug-likeness (QED) is 0.815. The number of rotatable bonds is 7. The normalized spacial score (nSPS) is 12.2. The van der Waals surface area contributed by atoms with Crippen LogP contribution < -0.4 is 5.73 Å². The van der Waals surface area contributed by atoms with Crippen LogP contribution in [0.25, 0.3) is 0 Å². The topological polar surface area (TPSA) is 55.6 Å². The van der Waals surface area contributed by atoms with Gasteiger partial charge in [0, 0.05) is 20.2 Å². The van der Waals surface area contributed by atoms with E-state index in [9.17, 15) is 4.79 Å². The first kappa shape index (κ1) is 15.7. The van der Waals surface area contributed by atoms with E-state index in [-0.39, 0.29) is 12.5 Å². The van der Waals surface area contributed by atoms with Crippen LogP contribution in [0.15, 0.2) is 24.3 Å². The smallest absolute Gasteiger partial charge is 0.242 e. The third kappa shape index (κ3) is 5.01. The van der Waals surface area contributed by atoms with Crippen LogP contribution in [0.2, 0.25) is 0 Å². The molecule has 4 heteroatoms. The Kier molecular flexibility index (Phi) is 6.53. The van der Waals surface area contributed by atoms with E-state index in [4.69, 9.17) is 10.5 Å². The predicted octanol–water partition coefficient (Wildman–Crippen LogP) is 1.71. The second kappa shape index (κ2) is 7.92. The van der Waals surface area contributed by atoms with Crippen molar-refractivity contribution in [3.8, 4) is 0 Å². The molecule has 1 atom stereocenters. The molecule has 4 nitrogen and oxygen atoms in total. The Morgan fingerprint density at radius 3 is 2.53 bits per heavy atom. The van der Waals surface area contributed by atoms with Gasteiger partial charge in [-0.1, -0.05) is 36.8 Å². The summed E-state index contributed by atoms with van der Waals surface area (Å²) in [7, 11) is 1.55. The molecule has 0 saturated carbocycles. The molecule has 0 bridgehead atoms.